The summed E-state index contributed by atoms with van der Waals surface area (Å²) in [6.45, 7) is 4.91. The lowest BCUT2D eigenvalue weighted by Crippen LogP contribution is -2.53. The molecule has 0 aliphatic carbocycles. The van der Waals surface area contributed by atoms with Crippen molar-refractivity contribution in [3.8, 4) is 0 Å². The lowest BCUT2D eigenvalue weighted by molar-refractivity contribution is -0.199. The minimum absolute atomic E-state index is 0.0902. The molecule has 2 N–H and O–H groups in total. The molecule has 11 nitrogen and oxygen atoms in total. The van der Waals surface area contributed by atoms with E-state index in [-0.39, 0.29) is 19.4 Å². The number of imide groups is 1. The summed E-state index contributed by atoms with van der Waals surface area (Å²) in [4.78, 5) is 67.8. The van der Waals surface area contributed by atoms with Gasteiger partial charge in [-0.25, -0.2) is 14.4 Å². The van der Waals surface area contributed by atoms with E-state index in [9.17, 15) is 24.0 Å². The molecule has 2 atom stereocenters. The monoisotopic (exact) mass is 511 g/mol. The number of nitrogens with zero attached hydrogens (tertiary/aromatic N) is 1. The average molecular weight is 512 g/mol. The van der Waals surface area contributed by atoms with Crippen molar-refractivity contribution >= 4 is 30.0 Å². The normalized spacial score (nSPS) is 14.9. The zero-order valence-electron chi connectivity index (χ0n) is 20.8. The number of rotatable bonds is 8. The fourth-order valence-corrected chi connectivity index (χ4v) is 3.43. The van der Waals surface area contributed by atoms with Crippen molar-refractivity contribution in [1.29, 1.82) is 0 Å². The molecule has 2 aromatic carbocycles. The summed E-state index contributed by atoms with van der Waals surface area (Å²) in [6.07, 6.45) is -2.08. The van der Waals surface area contributed by atoms with Crippen LogP contribution < -0.4 is 10.6 Å². The van der Waals surface area contributed by atoms with Crippen LogP contribution in [0.25, 0.3) is 0 Å². The highest BCUT2D eigenvalue weighted by Gasteiger charge is 2.40. The Balaban J connectivity index is 1.87. The van der Waals surface area contributed by atoms with Crippen LogP contribution in [0.3, 0.4) is 0 Å². The van der Waals surface area contributed by atoms with E-state index in [0.717, 1.165) is 0 Å². The van der Waals surface area contributed by atoms with Crippen molar-refractivity contribution < 1.29 is 38.3 Å². The molecule has 0 unspecified atom stereocenters. The number of hydroxylamine groups is 2. The molecule has 0 spiro atoms. The number of hydrogen-bond donors (Lipinski definition) is 2. The quantitative estimate of drug-likeness (QED) is 0.515. The van der Waals surface area contributed by atoms with Gasteiger partial charge in [-0.15, -0.1) is 5.06 Å². The number of nitrogens with one attached hydrogen (secondary N) is 2. The third kappa shape index (κ3) is 8.06. The van der Waals surface area contributed by atoms with Gasteiger partial charge >= 0.3 is 18.2 Å². The fraction of sp³-hybridized carbons (Fsp3) is 0.346. The molecule has 0 saturated carbocycles. The Bertz CT molecular complexity index is 1120. The summed E-state index contributed by atoms with van der Waals surface area (Å²) in [6, 6.07) is 14.4. The number of ether oxygens (including phenoxy) is 2. The molecule has 1 aliphatic heterocycles. The van der Waals surface area contributed by atoms with E-state index in [1.54, 1.807) is 75.4 Å². The average Bonchev–Trinajstić information content (AvgIpc) is 3.17. The summed E-state index contributed by atoms with van der Waals surface area (Å²) < 4.78 is 10.6. The minimum Gasteiger partial charge on any atom is -0.445 e. The van der Waals surface area contributed by atoms with Gasteiger partial charge in [-0.1, -0.05) is 60.7 Å². The van der Waals surface area contributed by atoms with Gasteiger partial charge in [0.2, 0.25) is 0 Å². The molecule has 1 heterocycles. The third-order valence-electron chi connectivity index (χ3n) is 5.09. The van der Waals surface area contributed by atoms with Crippen molar-refractivity contribution in [2.45, 2.75) is 57.9 Å². The summed E-state index contributed by atoms with van der Waals surface area (Å²) in [5, 5.41) is 5.34. The van der Waals surface area contributed by atoms with Crippen LogP contribution in [0.5, 0.6) is 0 Å². The van der Waals surface area contributed by atoms with E-state index in [4.69, 9.17) is 14.3 Å². The van der Waals surface area contributed by atoms with Crippen LogP contribution in [0, 0.1) is 0 Å². The van der Waals surface area contributed by atoms with Crippen LogP contribution >= 0.6 is 0 Å². The van der Waals surface area contributed by atoms with Gasteiger partial charge in [-0.05, 0) is 31.9 Å². The molecule has 0 bridgehead atoms. The van der Waals surface area contributed by atoms with E-state index in [1.807, 2.05) is 6.07 Å². The lowest BCUT2D eigenvalue weighted by Gasteiger charge is -2.29. The topological polar surface area (TPSA) is 140 Å². The van der Waals surface area contributed by atoms with Gasteiger partial charge in [0.05, 0.1) is 6.04 Å². The standard InChI is InChI=1S/C26H29N3O8/c1-26(2,3)36-25(34)27-21(18-12-8-5-9-13-18)22(23(32)37-29-19(30)14-15-20(29)31)28-24(33)35-16-17-10-6-4-7-11-17/h4-13,21-22H,14-16H2,1-3H3,(H,27,34)(H,28,33)/t21-,22+/m1/s1. The van der Waals surface area contributed by atoms with Crippen LogP contribution in [-0.4, -0.2) is 46.7 Å². The lowest BCUT2D eigenvalue weighted by atomic mass is 9.99. The Morgan fingerprint density at radius 2 is 1.43 bits per heavy atom. The van der Waals surface area contributed by atoms with Crippen molar-refractivity contribution in [2.24, 2.45) is 0 Å². The second-order valence-electron chi connectivity index (χ2n) is 9.21. The maximum atomic E-state index is 13.3. The van der Waals surface area contributed by atoms with Gasteiger partial charge in [0.15, 0.2) is 6.04 Å². The molecule has 1 aliphatic rings. The van der Waals surface area contributed by atoms with Gasteiger partial charge in [0.25, 0.3) is 11.8 Å². The molecule has 11 heteroatoms. The molecule has 4 amide bonds. The van der Waals surface area contributed by atoms with Crippen LogP contribution in [0.4, 0.5) is 9.59 Å². The highest BCUT2D eigenvalue weighted by Crippen LogP contribution is 2.22. The maximum absolute atomic E-state index is 13.3. The van der Waals surface area contributed by atoms with E-state index >= 15 is 0 Å². The molecule has 1 fully saturated rings. The molecular formula is C26H29N3O8. The minimum atomic E-state index is -1.60. The van der Waals surface area contributed by atoms with Gasteiger partial charge in [-0.3, -0.25) is 9.59 Å². The Morgan fingerprint density at radius 1 is 0.865 bits per heavy atom. The summed E-state index contributed by atoms with van der Waals surface area (Å²) in [5.74, 6) is -2.55. The highest BCUT2D eigenvalue weighted by atomic mass is 16.7. The first-order valence-electron chi connectivity index (χ1n) is 11.6. The number of carbonyl (C=O) groups is 5. The SMILES string of the molecule is CC(C)(C)OC(=O)N[C@H](c1ccccc1)[C@H](NC(=O)OCc1ccccc1)C(=O)ON1C(=O)CCC1=O. The first kappa shape index (κ1) is 27.2. The van der Waals surface area contributed by atoms with Crippen molar-refractivity contribution in [2.75, 3.05) is 0 Å². The Morgan fingerprint density at radius 3 is 2.00 bits per heavy atom. The molecule has 37 heavy (non-hydrogen) atoms. The van der Waals surface area contributed by atoms with Crippen LogP contribution in [0.2, 0.25) is 0 Å². The molecule has 196 valence electrons. The number of alkyl carbamates (subject to hydrolysis) is 2. The van der Waals surface area contributed by atoms with E-state index in [0.29, 0.717) is 16.2 Å². The number of hydrogen-bond acceptors (Lipinski definition) is 8. The fourth-order valence-electron chi connectivity index (χ4n) is 3.43. The van der Waals surface area contributed by atoms with Crippen LogP contribution in [0.1, 0.15) is 50.8 Å². The Kier molecular flexibility index (Phi) is 8.83. The molecular weight excluding hydrogens is 482 g/mol. The number of carbonyl (C=O) groups excluding carboxylic acids is 5. The first-order valence-corrected chi connectivity index (χ1v) is 11.6. The predicted octanol–water partition coefficient (Wildman–Crippen LogP) is 3.15. The van der Waals surface area contributed by atoms with E-state index in [2.05, 4.69) is 10.6 Å². The van der Waals surface area contributed by atoms with Gasteiger partial charge in [0, 0.05) is 12.8 Å². The van der Waals surface area contributed by atoms with Crippen LogP contribution in [0.15, 0.2) is 60.7 Å². The third-order valence-corrected chi connectivity index (χ3v) is 5.09. The van der Waals surface area contributed by atoms with Gasteiger partial charge in [-0.2, -0.15) is 0 Å². The van der Waals surface area contributed by atoms with Crippen molar-refractivity contribution in [3.63, 3.8) is 0 Å². The van der Waals surface area contributed by atoms with Gasteiger partial charge in [0.1, 0.15) is 12.2 Å². The van der Waals surface area contributed by atoms with E-state index < -0.39 is 47.7 Å². The smallest absolute Gasteiger partial charge is 0.408 e. The summed E-state index contributed by atoms with van der Waals surface area (Å²) in [7, 11) is 0. The Labute approximate surface area is 214 Å². The Hall–Kier alpha value is -4.41. The van der Waals surface area contributed by atoms with Crippen molar-refractivity contribution in [1.82, 2.24) is 15.7 Å². The number of benzene rings is 2. The van der Waals surface area contributed by atoms with Crippen LogP contribution in [-0.2, 0) is 35.3 Å². The second kappa shape index (κ2) is 12.0. The first-order chi connectivity index (χ1) is 17.5. The van der Waals surface area contributed by atoms with Crippen molar-refractivity contribution in [3.05, 3.63) is 71.8 Å². The zero-order valence-corrected chi connectivity index (χ0v) is 20.8. The molecule has 0 aromatic heterocycles. The highest BCUT2D eigenvalue weighted by molar-refractivity contribution is 6.02. The van der Waals surface area contributed by atoms with E-state index in [1.165, 1.54) is 0 Å². The molecule has 1 saturated heterocycles. The molecule has 2 aromatic rings. The zero-order chi connectivity index (χ0) is 27.0. The second-order valence-corrected chi connectivity index (χ2v) is 9.21. The molecule has 3 rings (SSSR count). The molecule has 0 radical (unpaired) electrons. The maximum Gasteiger partial charge on any atom is 0.408 e. The number of amides is 4. The predicted molar refractivity (Wildman–Crippen MR) is 129 cm³/mol. The largest absolute Gasteiger partial charge is 0.445 e. The summed E-state index contributed by atoms with van der Waals surface area (Å²) >= 11 is 0. The van der Waals surface area contributed by atoms with Gasteiger partial charge < -0.3 is 24.9 Å². The summed E-state index contributed by atoms with van der Waals surface area (Å²) in [5.41, 5.74) is 0.270.